The summed E-state index contributed by atoms with van der Waals surface area (Å²) in [6.07, 6.45) is 4.00. The van der Waals surface area contributed by atoms with Gasteiger partial charge in [-0.3, -0.25) is 9.69 Å². The minimum atomic E-state index is -0.349. The minimum Gasteiger partial charge on any atom is -0.393 e. The number of aliphatic hydroxyl groups is 1. The van der Waals surface area contributed by atoms with Crippen molar-refractivity contribution in [2.45, 2.75) is 57.7 Å². The number of amides is 1. The lowest BCUT2D eigenvalue weighted by Crippen LogP contribution is -2.48. The molecule has 2 aliphatic rings. The summed E-state index contributed by atoms with van der Waals surface area (Å²) in [5, 5.41) is 12.6. The Labute approximate surface area is 194 Å². The Morgan fingerprint density at radius 3 is 2.48 bits per heavy atom. The normalized spacial score (nSPS) is 21.9. The molecule has 4 rings (SSSR count). The molecule has 178 valence electrons. The van der Waals surface area contributed by atoms with Gasteiger partial charge in [-0.25, -0.2) is 9.37 Å². The summed E-state index contributed by atoms with van der Waals surface area (Å²) >= 11 is 0. The first-order chi connectivity index (χ1) is 15.8. The molecular formula is C25H34FN5O2. The van der Waals surface area contributed by atoms with E-state index in [1.165, 1.54) is 6.20 Å². The van der Waals surface area contributed by atoms with Gasteiger partial charge in [0.15, 0.2) is 0 Å². The fourth-order valence-electron chi connectivity index (χ4n) is 4.72. The Morgan fingerprint density at radius 2 is 1.85 bits per heavy atom. The third kappa shape index (κ3) is 5.45. The number of nitrogens with zero attached hydrogens (tertiary/aromatic N) is 3. The van der Waals surface area contributed by atoms with Crippen LogP contribution >= 0.6 is 0 Å². The van der Waals surface area contributed by atoms with Gasteiger partial charge in [0.2, 0.25) is 0 Å². The molecule has 0 atom stereocenters. The average molecular weight is 456 g/mol. The van der Waals surface area contributed by atoms with Crippen molar-refractivity contribution in [3.63, 3.8) is 0 Å². The largest absolute Gasteiger partial charge is 0.393 e. The highest BCUT2D eigenvalue weighted by Crippen LogP contribution is 2.29. The van der Waals surface area contributed by atoms with Gasteiger partial charge in [-0.15, -0.1) is 0 Å². The van der Waals surface area contributed by atoms with Crippen molar-refractivity contribution in [2.75, 3.05) is 36.8 Å². The molecule has 4 N–H and O–H groups in total. The van der Waals surface area contributed by atoms with Gasteiger partial charge in [0.1, 0.15) is 11.6 Å². The Kier molecular flexibility index (Phi) is 7.14. The summed E-state index contributed by atoms with van der Waals surface area (Å²) in [6.45, 7) is 8.03. The van der Waals surface area contributed by atoms with Gasteiger partial charge in [-0.1, -0.05) is 0 Å². The number of halogens is 1. The van der Waals surface area contributed by atoms with E-state index in [2.05, 4.69) is 33.9 Å². The van der Waals surface area contributed by atoms with Crippen LogP contribution in [0, 0.1) is 5.82 Å². The topological polar surface area (TPSA) is 94.7 Å². The lowest BCUT2D eigenvalue weighted by molar-refractivity contribution is 0.0868. The van der Waals surface area contributed by atoms with Crippen LogP contribution in [0.15, 0.2) is 30.5 Å². The second kappa shape index (κ2) is 10.1. The summed E-state index contributed by atoms with van der Waals surface area (Å²) < 4.78 is 15.1. The number of rotatable bonds is 5. The summed E-state index contributed by atoms with van der Waals surface area (Å²) in [4.78, 5) is 21.6. The number of carbonyl (C=O) groups is 1. The maximum atomic E-state index is 15.1. The molecule has 2 fully saturated rings. The van der Waals surface area contributed by atoms with Crippen LogP contribution in [0.3, 0.4) is 0 Å². The SMILES string of the molecule is CC(C)N1CCN(c2ccc(-c3cnc(N)c(C(=O)N[C@H]4CC[C@H](O)CC4)c3)c(F)c2)CC1. The fraction of sp³-hybridized carbons (Fsp3) is 0.520. The predicted octanol–water partition coefficient (Wildman–Crippen LogP) is 3.03. The van der Waals surface area contributed by atoms with E-state index in [1.54, 1.807) is 18.2 Å². The second-order valence-corrected chi connectivity index (χ2v) is 9.42. The first-order valence-corrected chi connectivity index (χ1v) is 11.8. The smallest absolute Gasteiger partial charge is 0.255 e. The van der Waals surface area contributed by atoms with E-state index in [1.807, 2.05) is 6.07 Å². The molecule has 1 aromatic carbocycles. The molecule has 1 aliphatic heterocycles. The molecule has 7 nitrogen and oxygen atoms in total. The van der Waals surface area contributed by atoms with E-state index in [4.69, 9.17) is 5.73 Å². The van der Waals surface area contributed by atoms with E-state index in [0.29, 0.717) is 30.0 Å². The molecule has 0 unspecified atom stereocenters. The lowest BCUT2D eigenvalue weighted by Gasteiger charge is -2.38. The quantitative estimate of drug-likeness (QED) is 0.642. The fourth-order valence-corrected chi connectivity index (χ4v) is 4.72. The number of nitrogens with two attached hydrogens (primary N) is 1. The zero-order valence-electron chi connectivity index (χ0n) is 19.4. The van der Waals surface area contributed by atoms with Crippen LogP contribution in [0.1, 0.15) is 49.9 Å². The van der Waals surface area contributed by atoms with Gasteiger partial charge in [-0.05, 0) is 63.8 Å². The summed E-state index contributed by atoms with van der Waals surface area (Å²) in [6, 6.07) is 7.35. The second-order valence-electron chi connectivity index (χ2n) is 9.42. The van der Waals surface area contributed by atoms with Crippen LogP contribution in [0.4, 0.5) is 15.9 Å². The van der Waals surface area contributed by atoms with Crippen molar-refractivity contribution in [3.8, 4) is 11.1 Å². The Balaban J connectivity index is 1.48. The van der Waals surface area contributed by atoms with Crippen molar-refractivity contribution in [3.05, 3.63) is 41.8 Å². The molecule has 0 spiro atoms. The van der Waals surface area contributed by atoms with Crippen LogP contribution in [0.25, 0.3) is 11.1 Å². The maximum absolute atomic E-state index is 15.1. The zero-order chi connectivity index (χ0) is 23.5. The van der Waals surface area contributed by atoms with Gasteiger partial charge >= 0.3 is 0 Å². The maximum Gasteiger partial charge on any atom is 0.255 e. The van der Waals surface area contributed by atoms with Gasteiger partial charge in [-0.2, -0.15) is 0 Å². The average Bonchev–Trinajstić information content (AvgIpc) is 2.81. The van der Waals surface area contributed by atoms with Gasteiger partial charge in [0.25, 0.3) is 5.91 Å². The Bertz CT molecular complexity index is 983. The number of piperazine rings is 1. The van der Waals surface area contributed by atoms with Crippen LogP contribution in [0.2, 0.25) is 0 Å². The summed E-state index contributed by atoms with van der Waals surface area (Å²) in [7, 11) is 0. The molecule has 1 aromatic heterocycles. The van der Waals surface area contributed by atoms with Crippen LogP contribution in [-0.2, 0) is 0 Å². The monoisotopic (exact) mass is 455 g/mol. The van der Waals surface area contributed by atoms with Gasteiger partial charge in [0, 0.05) is 61.3 Å². The first kappa shape index (κ1) is 23.4. The molecule has 1 saturated heterocycles. The number of aliphatic hydroxyl groups excluding tert-OH is 1. The number of carbonyl (C=O) groups excluding carboxylic acids is 1. The molecular weight excluding hydrogens is 421 g/mol. The molecule has 8 heteroatoms. The van der Waals surface area contributed by atoms with E-state index >= 15 is 4.39 Å². The highest BCUT2D eigenvalue weighted by atomic mass is 19.1. The summed E-state index contributed by atoms with van der Waals surface area (Å²) in [5.41, 5.74) is 7.98. The van der Waals surface area contributed by atoms with Crippen molar-refractivity contribution in [2.24, 2.45) is 0 Å². The molecule has 33 heavy (non-hydrogen) atoms. The third-order valence-corrected chi connectivity index (χ3v) is 6.87. The Morgan fingerprint density at radius 1 is 1.15 bits per heavy atom. The van der Waals surface area contributed by atoms with Crippen molar-refractivity contribution in [1.29, 1.82) is 0 Å². The van der Waals surface area contributed by atoms with E-state index < -0.39 is 0 Å². The summed E-state index contributed by atoms with van der Waals surface area (Å²) in [5.74, 6) is -0.548. The van der Waals surface area contributed by atoms with Crippen molar-refractivity contribution in [1.82, 2.24) is 15.2 Å². The number of benzene rings is 1. The number of anilines is 2. The molecule has 1 saturated carbocycles. The van der Waals surface area contributed by atoms with E-state index in [9.17, 15) is 9.90 Å². The number of pyridine rings is 1. The molecule has 1 amide bonds. The molecule has 1 aliphatic carbocycles. The van der Waals surface area contributed by atoms with Gasteiger partial charge in [0.05, 0.1) is 11.7 Å². The van der Waals surface area contributed by atoms with Crippen LogP contribution in [0.5, 0.6) is 0 Å². The standard InChI is InChI=1S/C25H34FN5O2/c1-16(2)30-9-11-31(12-10-30)19-5-8-21(23(26)14-19)17-13-22(24(27)28-15-17)25(33)29-18-3-6-20(32)7-4-18/h5,8,13-16,18,20,32H,3-4,6-7,9-12H2,1-2H3,(H2,27,28)(H,29,33)/t18-,20-. The Hall–Kier alpha value is -2.71. The number of hydrogen-bond acceptors (Lipinski definition) is 6. The molecule has 2 heterocycles. The number of aromatic nitrogens is 1. The van der Waals surface area contributed by atoms with Crippen molar-refractivity contribution < 1.29 is 14.3 Å². The highest BCUT2D eigenvalue weighted by Gasteiger charge is 2.23. The van der Waals surface area contributed by atoms with Crippen LogP contribution in [-0.4, -0.2) is 65.3 Å². The first-order valence-electron chi connectivity index (χ1n) is 11.8. The molecule has 0 bridgehead atoms. The predicted molar refractivity (Wildman–Crippen MR) is 129 cm³/mol. The zero-order valence-corrected chi connectivity index (χ0v) is 19.4. The lowest BCUT2D eigenvalue weighted by atomic mass is 9.93. The van der Waals surface area contributed by atoms with Crippen molar-refractivity contribution >= 4 is 17.4 Å². The highest BCUT2D eigenvalue weighted by molar-refractivity contribution is 5.99. The number of nitrogen functional groups attached to an aromatic ring is 1. The number of nitrogens with one attached hydrogen (secondary N) is 1. The number of hydrogen-bond donors (Lipinski definition) is 3. The van der Waals surface area contributed by atoms with Crippen LogP contribution < -0.4 is 16.0 Å². The minimum absolute atomic E-state index is 0.00358. The van der Waals surface area contributed by atoms with E-state index in [0.717, 1.165) is 44.7 Å². The molecule has 2 aromatic rings. The van der Waals surface area contributed by atoms with E-state index in [-0.39, 0.29) is 35.3 Å². The van der Waals surface area contributed by atoms with Gasteiger partial charge < -0.3 is 21.1 Å². The molecule has 0 radical (unpaired) electrons. The third-order valence-electron chi connectivity index (χ3n) is 6.87.